The molecule has 0 aliphatic heterocycles. The van der Waals surface area contributed by atoms with E-state index >= 15 is 0 Å². The number of pyridine rings is 2. The van der Waals surface area contributed by atoms with Crippen molar-refractivity contribution in [1.29, 1.82) is 0 Å². The van der Waals surface area contributed by atoms with Gasteiger partial charge >= 0.3 is 0 Å². The number of methoxy groups -OCH3 is 1. The van der Waals surface area contributed by atoms with Crippen LogP contribution in [-0.2, 0) is 21.3 Å². The second-order valence-corrected chi connectivity index (χ2v) is 8.31. The van der Waals surface area contributed by atoms with Crippen molar-refractivity contribution in [3.63, 3.8) is 0 Å². The van der Waals surface area contributed by atoms with Gasteiger partial charge in [-0.15, -0.1) is 0 Å². The van der Waals surface area contributed by atoms with Gasteiger partial charge in [-0.25, -0.2) is 23.4 Å². The molecule has 0 aliphatic carbocycles. The van der Waals surface area contributed by atoms with Crippen LogP contribution in [0.3, 0.4) is 0 Å². The summed E-state index contributed by atoms with van der Waals surface area (Å²) in [6, 6.07) is 5.32. The summed E-state index contributed by atoms with van der Waals surface area (Å²) in [5, 5.41) is 0. The Morgan fingerprint density at radius 3 is 2.53 bits per heavy atom. The van der Waals surface area contributed by atoms with Crippen molar-refractivity contribution in [3.05, 3.63) is 40.9 Å². The summed E-state index contributed by atoms with van der Waals surface area (Å²) in [6.45, 7) is 3.07. The number of hydrogen-bond acceptors (Lipinski definition) is 8. The minimum atomic E-state index is -3.68. The average Bonchev–Trinajstić information content (AvgIpc) is 2.72. The molecule has 0 radical (unpaired) electrons. The van der Waals surface area contributed by atoms with Gasteiger partial charge in [0, 0.05) is 42.7 Å². The summed E-state index contributed by atoms with van der Waals surface area (Å²) in [5.41, 5.74) is 1.64. The quantitative estimate of drug-likeness (QED) is 0.505. The first kappa shape index (κ1) is 21.7. The van der Waals surface area contributed by atoms with Crippen LogP contribution in [0.1, 0.15) is 13.3 Å². The zero-order valence-corrected chi connectivity index (χ0v) is 17.8. The van der Waals surface area contributed by atoms with E-state index < -0.39 is 15.6 Å². The van der Waals surface area contributed by atoms with Gasteiger partial charge in [0.15, 0.2) is 5.65 Å². The number of aromatic nitrogens is 4. The molecule has 0 atom stereocenters. The van der Waals surface area contributed by atoms with Gasteiger partial charge in [0.25, 0.3) is 5.56 Å². The van der Waals surface area contributed by atoms with Crippen molar-refractivity contribution in [1.82, 2.24) is 19.5 Å². The first-order valence-corrected chi connectivity index (χ1v) is 11.2. The molecule has 160 valence electrons. The highest BCUT2D eigenvalue weighted by molar-refractivity contribution is 7.92. The Morgan fingerprint density at radius 1 is 1.13 bits per heavy atom. The van der Waals surface area contributed by atoms with Crippen molar-refractivity contribution < 1.29 is 17.9 Å². The van der Waals surface area contributed by atoms with Gasteiger partial charge in [0.2, 0.25) is 21.7 Å². The standard InChI is InChI=1S/C19H23N5O5S/c1-4-8-29-9-7-24-15-10-14(13-5-6-16(28-2)20-11-13)12-21-17(15)22-18(19(24)25)23-30(3,26)27/h5-6,10-12H,4,7-9H2,1-3H3,(H,21,22,23). The maximum Gasteiger partial charge on any atom is 0.294 e. The first-order chi connectivity index (χ1) is 14.3. The van der Waals surface area contributed by atoms with Crippen molar-refractivity contribution in [2.75, 3.05) is 31.3 Å². The maximum atomic E-state index is 12.9. The van der Waals surface area contributed by atoms with Gasteiger partial charge < -0.3 is 9.47 Å². The number of nitrogens with zero attached hydrogens (tertiary/aromatic N) is 4. The summed E-state index contributed by atoms with van der Waals surface area (Å²) in [6.07, 6.45) is 5.04. The Balaban J connectivity index is 2.10. The Labute approximate surface area is 174 Å². The van der Waals surface area contributed by atoms with Crippen LogP contribution in [0.25, 0.3) is 22.3 Å². The Kier molecular flexibility index (Phi) is 6.63. The van der Waals surface area contributed by atoms with Gasteiger partial charge in [-0.2, -0.15) is 0 Å². The number of nitrogens with one attached hydrogen (secondary N) is 1. The van der Waals surface area contributed by atoms with Crippen LogP contribution in [0.2, 0.25) is 0 Å². The molecule has 0 aliphatic rings. The molecule has 3 rings (SSSR count). The van der Waals surface area contributed by atoms with Crippen LogP contribution < -0.4 is 15.0 Å². The number of ether oxygens (including phenoxy) is 2. The Morgan fingerprint density at radius 2 is 1.90 bits per heavy atom. The summed E-state index contributed by atoms with van der Waals surface area (Å²) < 4.78 is 37.4. The van der Waals surface area contributed by atoms with E-state index in [-0.39, 0.29) is 18.0 Å². The lowest BCUT2D eigenvalue weighted by Gasteiger charge is -2.13. The molecule has 11 heteroatoms. The van der Waals surface area contributed by atoms with E-state index in [0.717, 1.165) is 23.8 Å². The molecule has 0 unspecified atom stereocenters. The third kappa shape index (κ3) is 5.10. The molecule has 0 bridgehead atoms. The van der Waals surface area contributed by atoms with Crippen LogP contribution in [0, 0.1) is 0 Å². The second-order valence-electron chi connectivity index (χ2n) is 6.56. The highest BCUT2D eigenvalue weighted by atomic mass is 32.2. The molecule has 0 aromatic carbocycles. The van der Waals surface area contributed by atoms with E-state index in [2.05, 4.69) is 19.7 Å². The van der Waals surface area contributed by atoms with Crippen LogP contribution >= 0.6 is 0 Å². The number of rotatable bonds is 9. The lowest BCUT2D eigenvalue weighted by molar-refractivity contribution is 0.127. The molecule has 10 nitrogen and oxygen atoms in total. The predicted molar refractivity (Wildman–Crippen MR) is 113 cm³/mol. The molecule has 0 spiro atoms. The third-order valence-electron chi connectivity index (χ3n) is 4.17. The van der Waals surface area contributed by atoms with Crippen molar-refractivity contribution in [3.8, 4) is 17.0 Å². The second kappa shape index (κ2) is 9.18. The highest BCUT2D eigenvalue weighted by Crippen LogP contribution is 2.23. The molecular formula is C19H23N5O5S. The van der Waals surface area contributed by atoms with Gasteiger partial charge in [-0.05, 0) is 18.6 Å². The fourth-order valence-corrected chi connectivity index (χ4v) is 3.30. The summed E-state index contributed by atoms with van der Waals surface area (Å²) in [5.74, 6) is 0.183. The third-order valence-corrected chi connectivity index (χ3v) is 4.74. The summed E-state index contributed by atoms with van der Waals surface area (Å²) in [7, 11) is -2.14. The lowest BCUT2D eigenvalue weighted by atomic mass is 10.1. The zero-order chi connectivity index (χ0) is 21.7. The van der Waals surface area contributed by atoms with Gasteiger partial charge in [0.05, 0.1) is 25.5 Å². The number of sulfonamides is 1. The summed E-state index contributed by atoms with van der Waals surface area (Å²) in [4.78, 5) is 25.6. The molecule has 30 heavy (non-hydrogen) atoms. The van der Waals surface area contributed by atoms with Gasteiger partial charge in [0.1, 0.15) is 0 Å². The SMILES string of the molecule is CCCOCCn1c(=O)c(NS(C)(=O)=O)nc2ncc(-c3ccc(OC)nc3)cc21. The molecule has 1 N–H and O–H groups in total. The zero-order valence-electron chi connectivity index (χ0n) is 17.0. The van der Waals surface area contributed by atoms with Crippen molar-refractivity contribution in [2.24, 2.45) is 0 Å². The van der Waals surface area contributed by atoms with E-state index in [0.29, 0.717) is 24.6 Å². The minimum Gasteiger partial charge on any atom is -0.481 e. The van der Waals surface area contributed by atoms with E-state index in [9.17, 15) is 13.2 Å². The topological polar surface area (TPSA) is 125 Å². The van der Waals surface area contributed by atoms with Gasteiger partial charge in [-0.1, -0.05) is 6.92 Å². The highest BCUT2D eigenvalue weighted by Gasteiger charge is 2.16. The monoisotopic (exact) mass is 433 g/mol. The molecular weight excluding hydrogens is 410 g/mol. The van der Waals surface area contributed by atoms with Crippen molar-refractivity contribution in [2.45, 2.75) is 19.9 Å². The molecule has 3 heterocycles. The average molecular weight is 433 g/mol. The molecule has 0 amide bonds. The fourth-order valence-electron chi connectivity index (χ4n) is 2.82. The molecule has 0 fully saturated rings. The predicted octanol–water partition coefficient (Wildman–Crippen LogP) is 1.66. The Bertz CT molecular complexity index is 1190. The number of hydrogen-bond donors (Lipinski definition) is 1. The lowest BCUT2D eigenvalue weighted by Crippen LogP contribution is -2.29. The van der Waals surface area contributed by atoms with Gasteiger partial charge in [-0.3, -0.25) is 14.1 Å². The largest absolute Gasteiger partial charge is 0.481 e. The van der Waals surface area contributed by atoms with E-state index in [1.54, 1.807) is 24.5 Å². The molecule has 0 saturated heterocycles. The van der Waals surface area contributed by atoms with E-state index in [1.807, 2.05) is 13.0 Å². The number of fused-ring (bicyclic) bond motifs is 1. The van der Waals surface area contributed by atoms with Crippen LogP contribution in [0.5, 0.6) is 5.88 Å². The van der Waals surface area contributed by atoms with Crippen LogP contribution in [0.15, 0.2) is 35.4 Å². The number of anilines is 1. The minimum absolute atomic E-state index is 0.224. The molecule has 0 saturated carbocycles. The normalized spacial score (nSPS) is 11.6. The smallest absolute Gasteiger partial charge is 0.294 e. The van der Waals surface area contributed by atoms with Crippen LogP contribution in [0.4, 0.5) is 5.82 Å². The van der Waals surface area contributed by atoms with Crippen molar-refractivity contribution >= 4 is 27.0 Å². The Hall–Kier alpha value is -3.05. The van der Waals surface area contributed by atoms with Crippen LogP contribution in [-0.4, -0.2) is 54.5 Å². The maximum absolute atomic E-state index is 12.9. The van der Waals surface area contributed by atoms with E-state index in [1.165, 1.54) is 11.7 Å². The first-order valence-electron chi connectivity index (χ1n) is 9.29. The molecule has 3 aromatic rings. The fraction of sp³-hybridized carbons (Fsp3) is 0.368. The van der Waals surface area contributed by atoms with E-state index in [4.69, 9.17) is 9.47 Å². The summed E-state index contributed by atoms with van der Waals surface area (Å²) >= 11 is 0. The molecule has 3 aromatic heterocycles.